The molecule has 2 N–H and O–H groups in total. The summed E-state index contributed by atoms with van der Waals surface area (Å²) in [5.74, 6) is -0.184. The van der Waals surface area contributed by atoms with Gasteiger partial charge in [-0.3, -0.25) is 4.79 Å². The average molecular weight is 316 g/mol. The Kier molecular flexibility index (Phi) is 5.57. The quantitative estimate of drug-likeness (QED) is 0.896. The number of hydrogen-bond acceptors (Lipinski definition) is 4. The number of hydrogen-bond donors (Lipinski definition) is 2. The Morgan fingerprint density at radius 2 is 2.32 bits per heavy atom. The third kappa shape index (κ3) is 4.32. The van der Waals surface area contributed by atoms with Gasteiger partial charge >= 0.3 is 6.18 Å². The Morgan fingerprint density at radius 1 is 1.58 bits per heavy atom. The molecule has 4 nitrogen and oxygen atoms in total. The molecule has 0 bridgehead atoms. The van der Waals surface area contributed by atoms with E-state index in [4.69, 9.17) is 0 Å². The van der Waals surface area contributed by atoms with E-state index >= 15 is 0 Å². The standard InChI is InChI=1S/C10H12F3N3OS.ClH/c11-10(12,13)7-5-18-8(16-7)4-15-9(17)6-2-1-3-14-6;/h5-6,14H,1-4H2,(H,15,17);1H. The van der Waals surface area contributed by atoms with E-state index in [0.29, 0.717) is 0 Å². The first-order valence-electron chi connectivity index (χ1n) is 5.49. The SMILES string of the molecule is Cl.O=C(NCc1nc(C(F)(F)F)cs1)C1CCCN1. The maximum Gasteiger partial charge on any atom is 0.434 e. The van der Waals surface area contributed by atoms with Crippen molar-refractivity contribution in [1.29, 1.82) is 0 Å². The van der Waals surface area contributed by atoms with Gasteiger partial charge in [0, 0.05) is 5.38 Å². The third-order valence-corrected chi connectivity index (χ3v) is 3.48. The minimum atomic E-state index is -4.42. The molecule has 1 unspecified atom stereocenters. The molecule has 1 aromatic rings. The number of rotatable bonds is 3. The van der Waals surface area contributed by atoms with Crippen molar-refractivity contribution >= 4 is 29.7 Å². The van der Waals surface area contributed by atoms with E-state index in [1.54, 1.807) is 0 Å². The fourth-order valence-electron chi connectivity index (χ4n) is 1.72. The first kappa shape index (κ1) is 16.2. The Labute approximate surface area is 118 Å². The van der Waals surface area contributed by atoms with Crippen LogP contribution in [0.3, 0.4) is 0 Å². The van der Waals surface area contributed by atoms with Crippen LogP contribution in [0.15, 0.2) is 5.38 Å². The van der Waals surface area contributed by atoms with Crippen LogP contribution in [0.5, 0.6) is 0 Å². The molecule has 0 aromatic carbocycles. The zero-order valence-electron chi connectivity index (χ0n) is 9.79. The van der Waals surface area contributed by atoms with Crippen molar-refractivity contribution in [2.75, 3.05) is 6.54 Å². The molecule has 19 heavy (non-hydrogen) atoms. The molecule has 1 aliphatic heterocycles. The Morgan fingerprint density at radius 3 is 2.84 bits per heavy atom. The Bertz CT molecular complexity index is 432. The van der Waals surface area contributed by atoms with Gasteiger partial charge in [0.1, 0.15) is 5.01 Å². The van der Waals surface area contributed by atoms with E-state index in [9.17, 15) is 18.0 Å². The van der Waals surface area contributed by atoms with Crippen molar-refractivity contribution in [2.24, 2.45) is 0 Å². The number of carbonyl (C=O) groups excluding carboxylic acids is 1. The zero-order valence-corrected chi connectivity index (χ0v) is 11.4. The van der Waals surface area contributed by atoms with Crippen LogP contribution in [0.2, 0.25) is 0 Å². The number of nitrogens with one attached hydrogen (secondary N) is 2. The lowest BCUT2D eigenvalue weighted by Crippen LogP contribution is -2.40. The maximum absolute atomic E-state index is 12.3. The van der Waals surface area contributed by atoms with Crippen LogP contribution in [0.25, 0.3) is 0 Å². The minimum absolute atomic E-state index is 0. The molecule has 1 amide bonds. The summed E-state index contributed by atoms with van der Waals surface area (Å²) in [5.41, 5.74) is -0.907. The van der Waals surface area contributed by atoms with Gasteiger partial charge in [-0.05, 0) is 19.4 Å². The number of thiazole rings is 1. The second-order valence-corrected chi connectivity index (χ2v) is 4.93. The van der Waals surface area contributed by atoms with Crippen molar-refractivity contribution in [2.45, 2.75) is 31.6 Å². The highest BCUT2D eigenvalue weighted by atomic mass is 35.5. The third-order valence-electron chi connectivity index (χ3n) is 2.63. The van der Waals surface area contributed by atoms with Gasteiger partial charge in [0.2, 0.25) is 5.91 Å². The van der Waals surface area contributed by atoms with Gasteiger partial charge in [-0.1, -0.05) is 0 Å². The highest BCUT2D eigenvalue weighted by Gasteiger charge is 2.33. The highest BCUT2D eigenvalue weighted by molar-refractivity contribution is 7.09. The molecule has 1 aromatic heterocycles. The summed E-state index contributed by atoms with van der Waals surface area (Å²) in [6.45, 7) is 0.839. The molecule has 1 saturated heterocycles. The molecular weight excluding hydrogens is 303 g/mol. The number of halogens is 4. The van der Waals surface area contributed by atoms with E-state index < -0.39 is 11.9 Å². The van der Waals surface area contributed by atoms with Crippen molar-refractivity contribution < 1.29 is 18.0 Å². The van der Waals surface area contributed by atoms with Gasteiger partial charge < -0.3 is 10.6 Å². The van der Waals surface area contributed by atoms with Crippen LogP contribution >= 0.6 is 23.7 Å². The lowest BCUT2D eigenvalue weighted by molar-refractivity contribution is -0.140. The highest BCUT2D eigenvalue weighted by Crippen LogP contribution is 2.29. The van der Waals surface area contributed by atoms with E-state index in [2.05, 4.69) is 15.6 Å². The van der Waals surface area contributed by atoms with E-state index in [1.807, 2.05) is 0 Å². The van der Waals surface area contributed by atoms with Crippen molar-refractivity contribution in [3.05, 3.63) is 16.1 Å². The number of aromatic nitrogens is 1. The molecule has 9 heteroatoms. The fourth-order valence-corrected chi connectivity index (χ4v) is 2.46. The Hall–Kier alpha value is -0.860. The molecule has 2 heterocycles. The molecule has 108 valence electrons. The molecule has 1 atom stereocenters. The first-order valence-corrected chi connectivity index (χ1v) is 6.37. The predicted molar refractivity (Wildman–Crippen MR) is 67.2 cm³/mol. The second-order valence-electron chi connectivity index (χ2n) is 3.99. The normalized spacial score (nSPS) is 19.0. The summed E-state index contributed by atoms with van der Waals surface area (Å²) in [6.07, 6.45) is -2.73. The molecule has 1 aliphatic rings. The summed E-state index contributed by atoms with van der Waals surface area (Å²) < 4.78 is 36.9. The number of amides is 1. The van der Waals surface area contributed by atoms with Crippen LogP contribution in [0, 0.1) is 0 Å². The van der Waals surface area contributed by atoms with Crippen LogP contribution in [-0.4, -0.2) is 23.5 Å². The van der Waals surface area contributed by atoms with Gasteiger partial charge in [-0.15, -0.1) is 23.7 Å². The topological polar surface area (TPSA) is 54.0 Å². The van der Waals surface area contributed by atoms with Crippen molar-refractivity contribution in [3.8, 4) is 0 Å². The summed E-state index contributed by atoms with van der Waals surface area (Å²) in [5, 5.41) is 6.81. The molecule has 0 radical (unpaired) electrons. The number of alkyl halides is 3. The largest absolute Gasteiger partial charge is 0.434 e. The van der Waals surface area contributed by atoms with E-state index in [-0.39, 0.29) is 35.9 Å². The first-order chi connectivity index (χ1) is 8.47. The molecule has 0 aliphatic carbocycles. The summed E-state index contributed by atoms with van der Waals surface area (Å²) >= 11 is 0.895. The molecule has 1 fully saturated rings. The van der Waals surface area contributed by atoms with E-state index in [0.717, 1.165) is 36.1 Å². The van der Waals surface area contributed by atoms with Gasteiger partial charge in [0.15, 0.2) is 5.69 Å². The lowest BCUT2D eigenvalue weighted by Gasteiger charge is -2.09. The minimum Gasteiger partial charge on any atom is -0.348 e. The zero-order chi connectivity index (χ0) is 13.2. The Balaban J connectivity index is 0.00000180. The summed E-state index contributed by atoms with van der Waals surface area (Å²) in [4.78, 5) is 15.0. The van der Waals surface area contributed by atoms with Crippen molar-refractivity contribution in [3.63, 3.8) is 0 Å². The lowest BCUT2D eigenvalue weighted by atomic mass is 10.2. The van der Waals surface area contributed by atoms with Crippen molar-refractivity contribution in [1.82, 2.24) is 15.6 Å². The van der Waals surface area contributed by atoms with E-state index in [1.165, 1.54) is 0 Å². The van der Waals surface area contributed by atoms with Gasteiger partial charge in [0.05, 0.1) is 12.6 Å². The molecule has 0 saturated carbocycles. The molecule has 2 rings (SSSR count). The second kappa shape index (κ2) is 6.53. The molecule has 0 spiro atoms. The number of carbonyl (C=O) groups is 1. The van der Waals surface area contributed by atoms with Gasteiger partial charge in [0.25, 0.3) is 0 Å². The van der Waals surface area contributed by atoms with Crippen LogP contribution in [-0.2, 0) is 17.5 Å². The van der Waals surface area contributed by atoms with Crippen LogP contribution in [0.1, 0.15) is 23.5 Å². The summed E-state index contributed by atoms with van der Waals surface area (Å²) in [6, 6.07) is -0.230. The predicted octanol–water partition coefficient (Wildman–Crippen LogP) is 1.95. The fraction of sp³-hybridized carbons (Fsp3) is 0.600. The maximum atomic E-state index is 12.3. The average Bonchev–Trinajstić information content (AvgIpc) is 2.96. The smallest absolute Gasteiger partial charge is 0.348 e. The van der Waals surface area contributed by atoms with Gasteiger partial charge in [-0.2, -0.15) is 13.2 Å². The van der Waals surface area contributed by atoms with Crippen LogP contribution < -0.4 is 10.6 Å². The van der Waals surface area contributed by atoms with Crippen LogP contribution in [0.4, 0.5) is 13.2 Å². The summed E-state index contributed by atoms with van der Waals surface area (Å²) in [7, 11) is 0. The number of nitrogens with zero attached hydrogens (tertiary/aromatic N) is 1. The van der Waals surface area contributed by atoms with Gasteiger partial charge in [-0.25, -0.2) is 4.98 Å². The monoisotopic (exact) mass is 315 g/mol. The molecular formula is C10H13ClF3N3OS.